The normalized spacial score (nSPS) is 31.0. The van der Waals surface area contributed by atoms with E-state index in [4.69, 9.17) is 0 Å². The molecule has 0 spiro atoms. The first-order valence-electron chi connectivity index (χ1n) is 11.8. The van der Waals surface area contributed by atoms with Gasteiger partial charge in [-0.25, -0.2) is 0 Å². The van der Waals surface area contributed by atoms with E-state index in [1.165, 1.54) is 13.0 Å². The van der Waals surface area contributed by atoms with Crippen molar-refractivity contribution < 1.29 is 30.0 Å². The van der Waals surface area contributed by atoms with E-state index in [0.29, 0.717) is 5.75 Å². The number of ketones is 2. The van der Waals surface area contributed by atoms with Gasteiger partial charge in [0.25, 0.3) is 0 Å². The fraction of sp³-hybridized carbons (Fsp3) is 0.538. The highest BCUT2D eigenvalue weighted by Gasteiger charge is 2.62. The zero-order valence-electron chi connectivity index (χ0n) is 20.0. The Bertz CT molecular complexity index is 1090. The van der Waals surface area contributed by atoms with Crippen LogP contribution >= 0.6 is 11.8 Å². The molecule has 4 rings (SSSR count). The maximum atomic E-state index is 13.6. The molecule has 0 saturated heterocycles. The number of carbonyl (C=O) groups is 2. The molecule has 5 unspecified atom stereocenters. The summed E-state index contributed by atoms with van der Waals surface area (Å²) in [6.07, 6.45) is 2.36. The molecule has 1 aromatic carbocycles. The van der Waals surface area contributed by atoms with E-state index in [9.17, 15) is 30.0 Å². The zero-order chi connectivity index (χ0) is 24.9. The molecule has 0 fully saturated rings. The number of allylic oxidation sites excluding steroid dienone is 1. The second-order valence-corrected chi connectivity index (χ2v) is 11.0. The Balaban J connectivity index is 1.91. The first-order chi connectivity index (χ1) is 16.1. The van der Waals surface area contributed by atoms with E-state index in [1.54, 1.807) is 36.8 Å². The van der Waals surface area contributed by atoms with Gasteiger partial charge in [0, 0.05) is 28.7 Å². The Kier molecular flexibility index (Phi) is 6.61. The number of hydrogen-bond donors (Lipinski definition) is 4. The van der Waals surface area contributed by atoms with E-state index >= 15 is 0 Å². The summed E-state index contributed by atoms with van der Waals surface area (Å²) in [5.41, 5.74) is -1.48. The van der Waals surface area contributed by atoms with Crippen LogP contribution in [0.4, 0.5) is 0 Å². The van der Waals surface area contributed by atoms with Crippen molar-refractivity contribution in [2.75, 3.05) is 25.6 Å². The van der Waals surface area contributed by atoms with Crippen LogP contribution in [0.3, 0.4) is 0 Å². The van der Waals surface area contributed by atoms with Crippen LogP contribution in [-0.2, 0) is 4.79 Å². The van der Waals surface area contributed by atoms with Crippen LogP contribution in [0.15, 0.2) is 40.9 Å². The average molecular weight is 488 g/mol. The average Bonchev–Trinajstić information content (AvgIpc) is 2.79. The monoisotopic (exact) mass is 487 g/mol. The Hall–Kier alpha value is -2.29. The lowest BCUT2D eigenvalue weighted by molar-refractivity contribution is -0.147. The standard InChI is InChI=1S/C26H33NO6S/c1-5-6-10-34-12-16-14-8-7-9-18(28)19(14)23(30)20-15(16)11-17-21(27(3)4)22(29)13(2)24(31)26(17,33)25(20)32/h7-9,15-17,21,28-29,32-33H,5-6,10-12H2,1-4H3. The molecule has 0 aromatic heterocycles. The zero-order valence-corrected chi connectivity index (χ0v) is 20.9. The number of nitrogens with zero attached hydrogens (tertiary/aromatic N) is 1. The van der Waals surface area contributed by atoms with Crippen LogP contribution in [0.2, 0.25) is 0 Å². The smallest absolute Gasteiger partial charge is 0.201 e. The number of phenolic OH excluding ortho intramolecular Hbond substituents is 1. The molecule has 7 nitrogen and oxygen atoms in total. The fourth-order valence-electron chi connectivity index (χ4n) is 5.94. The SMILES string of the molecule is CCCCSCC1c2cccc(O)c2C(=O)C2=C(O)C3(O)C(=O)C(C)=C(O)C(N(C)C)C3CC21. The molecule has 3 aliphatic rings. The van der Waals surface area contributed by atoms with E-state index in [1.807, 2.05) is 6.07 Å². The van der Waals surface area contributed by atoms with Crippen molar-refractivity contribution in [3.63, 3.8) is 0 Å². The molecule has 184 valence electrons. The first-order valence-corrected chi connectivity index (χ1v) is 12.9. The van der Waals surface area contributed by atoms with Gasteiger partial charge in [0.2, 0.25) is 5.78 Å². The van der Waals surface area contributed by atoms with Crippen molar-refractivity contribution >= 4 is 23.3 Å². The number of rotatable bonds is 6. The van der Waals surface area contributed by atoms with Crippen molar-refractivity contribution in [2.45, 2.75) is 50.7 Å². The molecule has 34 heavy (non-hydrogen) atoms. The number of aliphatic hydroxyl groups is 3. The summed E-state index contributed by atoms with van der Waals surface area (Å²) in [7, 11) is 3.50. The lowest BCUT2D eigenvalue weighted by Crippen LogP contribution is -2.63. The summed E-state index contributed by atoms with van der Waals surface area (Å²) in [6, 6.07) is 4.29. The third kappa shape index (κ3) is 3.49. The van der Waals surface area contributed by atoms with Gasteiger partial charge in [0.05, 0.1) is 11.6 Å². The van der Waals surface area contributed by atoms with E-state index in [2.05, 4.69) is 6.92 Å². The van der Waals surface area contributed by atoms with Gasteiger partial charge in [-0.1, -0.05) is 25.5 Å². The second kappa shape index (κ2) is 9.06. The highest BCUT2D eigenvalue weighted by Crippen LogP contribution is 2.55. The third-order valence-corrected chi connectivity index (χ3v) is 8.86. The van der Waals surface area contributed by atoms with E-state index in [0.717, 1.165) is 24.2 Å². The van der Waals surface area contributed by atoms with E-state index < -0.39 is 40.8 Å². The number of aromatic hydroxyl groups is 1. The minimum absolute atomic E-state index is 0.00823. The van der Waals surface area contributed by atoms with Crippen LogP contribution in [0, 0.1) is 11.8 Å². The largest absolute Gasteiger partial charge is 0.510 e. The number of aliphatic hydroxyl groups excluding tert-OH is 2. The van der Waals surface area contributed by atoms with Crippen LogP contribution in [0.1, 0.15) is 54.9 Å². The molecule has 4 N–H and O–H groups in total. The fourth-order valence-corrected chi connectivity index (χ4v) is 7.27. The highest BCUT2D eigenvalue weighted by atomic mass is 32.2. The van der Waals surface area contributed by atoms with Crippen LogP contribution in [0.25, 0.3) is 0 Å². The van der Waals surface area contributed by atoms with Crippen molar-refractivity contribution in [3.8, 4) is 5.75 Å². The molecule has 0 aliphatic heterocycles. The number of phenols is 1. The molecule has 0 saturated carbocycles. The Labute approximate surface area is 204 Å². The lowest BCUT2D eigenvalue weighted by atomic mass is 9.56. The lowest BCUT2D eigenvalue weighted by Gasteiger charge is -2.51. The van der Waals surface area contributed by atoms with Crippen molar-refractivity contribution in [3.05, 3.63) is 52.0 Å². The first kappa shape index (κ1) is 24.8. The number of Topliss-reactive ketones (excluding diaryl/α,β-unsaturated/α-hetero) is 2. The summed E-state index contributed by atoms with van der Waals surface area (Å²) in [6.45, 7) is 3.54. The molecule has 0 radical (unpaired) electrons. The second-order valence-electron chi connectivity index (χ2n) is 9.83. The number of benzene rings is 1. The minimum Gasteiger partial charge on any atom is -0.510 e. The molecule has 3 aliphatic carbocycles. The van der Waals surface area contributed by atoms with Gasteiger partial charge in [-0.05, 0) is 57.2 Å². The topological polar surface area (TPSA) is 118 Å². The number of fused-ring (bicyclic) bond motifs is 3. The molecule has 8 heteroatoms. The van der Waals surface area contributed by atoms with Gasteiger partial charge in [-0.2, -0.15) is 11.8 Å². The highest BCUT2D eigenvalue weighted by molar-refractivity contribution is 7.99. The maximum absolute atomic E-state index is 13.6. The Morgan fingerprint density at radius 3 is 2.53 bits per heavy atom. The van der Waals surface area contributed by atoms with Crippen LogP contribution in [0.5, 0.6) is 5.75 Å². The summed E-state index contributed by atoms with van der Waals surface area (Å²) < 4.78 is 0. The molecule has 5 atom stereocenters. The molecular weight excluding hydrogens is 454 g/mol. The predicted molar refractivity (Wildman–Crippen MR) is 131 cm³/mol. The Morgan fingerprint density at radius 2 is 1.88 bits per heavy atom. The maximum Gasteiger partial charge on any atom is 0.201 e. The van der Waals surface area contributed by atoms with Gasteiger partial charge in [0.15, 0.2) is 11.4 Å². The van der Waals surface area contributed by atoms with E-state index in [-0.39, 0.29) is 40.6 Å². The predicted octanol–water partition coefficient (Wildman–Crippen LogP) is 3.73. The molecule has 0 amide bonds. The third-order valence-electron chi connectivity index (χ3n) is 7.69. The van der Waals surface area contributed by atoms with Crippen molar-refractivity contribution in [1.82, 2.24) is 4.90 Å². The molecular formula is C26H33NO6S. The number of likely N-dealkylation sites (N-methyl/N-ethyl adjacent to an activating group) is 1. The summed E-state index contributed by atoms with van der Waals surface area (Å²) in [5, 5.41) is 44.5. The molecule has 0 heterocycles. The Morgan fingerprint density at radius 1 is 1.18 bits per heavy atom. The summed E-state index contributed by atoms with van der Waals surface area (Å²) >= 11 is 1.75. The summed E-state index contributed by atoms with van der Waals surface area (Å²) in [5.74, 6) is -2.15. The summed E-state index contributed by atoms with van der Waals surface area (Å²) in [4.78, 5) is 28.6. The van der Waals surface area contributed by atoms with Gasteiger partial charge >= 0.3 is 0 Å². The van der Waals surface area contributed by atoms with Gasteiger partial charge < -0.3 is 20.4 Å². The quantitative estimate of drug-likeness (QED) is 0.448. The minimum atomic E-state index is -2.31. The number of thioether (sulfide) groups is 1. The van der Waals surface area contributed by atoms with Gasteiger partial charge in [0.1, 0.15) is 17.3 Å². The van der Waals surface area contributed by atoms with Gasteiger partial charge in [-0.3, -0.25) is 14.5 Å². The van der Waals surface area contributed by atoms with Gasteiger partial charge in [-0.15, -0.1) is 0 Å². The molecule has 0 bridgehead atoms. The van der Waals surface area contributed by atoms with Crippen LogP contribution < -0.4 is 0 Å². The number of carbonyl (C=O) groups excluding carboxylic acids is 2. The van der Waals surface area contributed by atoms with Crippen molar-refractivity contribution in [1.29, 1.82) is 0 Å². The number of hydrogen-bond acceptors (Lipinski definition) is 8. The number of unbranched alkanes of at least 4 members (excludes halogenated alkanes) is 1. The van der Waals surface area contributed by atoms with Crippen LogP contribution in [-0.4, -0.2) is 74.1 Å². The molecule has 1 aromatic rings. The van der Waals surface area contributed by atoms with Crippen molar-refractivity contribution in [2.24, 2.45) is 11.8 Å².